The summed E-state index contributed by atoms with van der Waals surface area (Å²) in [6.07, 6.45) is 1.58. The Bertz CT molecular complexity index is 754. The molecular formula is C18H22ClN3O2. The molecule has 0 aliphatic heterocycles. The topological polar surface area (TPSA) is 45.6 Å². The average molecular weight is 348 g/mol. The maximum Gasteiger partial charge on any atom is 0.255 e. The number of hydrogen-bond acceptors (Lipinski definition) is 3. The van der Waals surface area contributed by atoms with Crippen molar-refractivity contribution in [2.45, 2.75) is 6.54 Å². The van der Waals surface area contributed by atoms with Crippen LogP contribution in [0.1, 0.15) is 15.9 Å². The molecular weight excluding hydrogens is 326 g/mol. The first kappa shape index (κ1) is 18.2. The van der Waals surface area contributed by atoms with Crippen LogP contribution in [0.25, 0.3) is 0 Å². The lowest BCUT2D eigenvalue weighted by molar-refractivity contribution is 0.0731. The zero-order valence-corrected chi connectivity index (χ0v) is 15.0. The summed E-state index contributed by atoms with van der Waals surface area (Å²) in [5, 5.41) is 0.669. The summed E-state index contributed by atoms with van der Waals surface area (Å²) in [6.45, 7) is 1.84. The van der Waals surface area contributed by atoms with Gasteiger partial charge in [-0.3, -0.25) is 9.59 Å². The van der Waals surface area contributed by atoms with Gasteiger partial charge in [-0.1, -0.05) is 23.7 Å². The van der Waals surface area contributed by atoms with E-state index in [-0.39, 0.29) is 11.5 Å². The molecule has 0 bridgehead atoms. The summed E-state index contributed by atoms with van der Waals surface area (Å²) >= 11 is 5.92. The van der Waals surface area contributed by atoms with Gasteiger partial charge in [0.15, 0.2) is 0 Å². The van der Waals surface area contributed by atoms with Gasteiger partial charge in [0.25, 0.3) is 5.91 Å². The number of pyridine rings is 1. The quantitative estimate of drug-likeness (QED) is 0.805. The lowest BCUT2D eigenvalue weighted by atomic mass is 10.2. The van der Waals surface area contributed by atoms with E-state index in [9.17, 15) is 9.59 Å². The smallest absolute Gasteiger partial charge is 0.255 e. The minimum absolute atomic E-state index is 0.0950. The van der Waals surface area contributed by atoms with Crippen LogP contribution in [0.5, 0.6) is 0 Å². The fourth-order valence-corrected chi connectivity index (χ4v) is 2.41. The van der Waals surface area contributed by atoms with Crippen LogP contribution >= 0.6 is 11.6 Å². The first-order chi connectivity index (χ1) is 11.4. The molecule has 2 aromatic rings. The van der Waals surface area contributed by atoms with Crippen molar-refractivity contribution in [2.24, 2.45) is 7.05 Å². The summed E-state index contributed by atoms with van der Waals surface area (Å²) in [5.41, 5.74) is 1.38. The third kappa shape index (κ3) is 4.94. The van der Waals surface area contributed by atoms with Crippen LogP contribution in [0.15, 0.2) is 47.4 Å². The number of hydrogen-bond donors (Lipinski definition) is 0. The molecule has 1 aromatic heterocycles. The zero-order valence-electron chi connectivity index (χ0n) is 14.2. The number of aryl methyl sites for hydroxylation is 1. The Morgan fingerprint density at radius 2 is 1.75 bits per heavy atom. The molecule has 0 aliphatic carbocycles. The van der Waals surface area contributed by atoms with Gasteiger partial charge >= 0.3 is 0 Å². The Kier molecular flexibility index (Phi) is 6.17. The lowest BCUT2D eigenvalue weighted by Gasteiger charge is -2.25. The van der Waals surface area contributed by atoms with Gasteiger partial charge in [0, 0.05) is 44.0 Å². The van der Waals surface area contributed by atoms with E-state index >= 15 is 0 Å². The fourth-order valence-electron chi connectivity index (χ4n) is 2.29. The minimum atomic E-state index is -0.135. The van der Waals surface area contributed by atoms with Crippen molar-refractivity contribution < 1.29 is 4.79 Å². The van der Waals surface area contributed by atoms with Crippen LogP contribution in [0, 0.1) is 0 Å². The van der Waals surface area contributed by atoms with E-state index in [2.05, 4.69) is 0 Å². The Hall–Kier alpha value is -2.11. The molecule has 0 saturated carbocycles. The summed E-state index contributed by atoms with van der Waals surface area (Å²) < 4.78 is 1.42. The minimum Gasteiger partial charge on any atom is -0.333 e. The molecule has 128 valence electrons. The van der Waals surface area contributed by atoms with E-state index < -0.39 is 0 Å². The van der Waals surface area contributed by atoms with Crippen molar-refractivity contribution in [1.82, 2.24) is 14.4 Å². The SMILES string of the molecule is CN(C)CCN(Cc1ccc(Cl)cc1)C(=O)c1ccc(=O)n(C)c1. The molecule has 1 amide bonds. The second-order valence-electron chi connectivity index (χ2n) is 6.02. The van der Waals surface area contributed by atoms with Crippen molar-refractivity contribution in [1.29, 1.82) is 0 Å². The number of halogens is 1. The van der Waals surface area contributed by atoms with Gasteiger partial charge in [0.05, 0.1) is 5.56 Å². The summed E-state index contributed by atoms with van der Waals surface area (Å²) in [6, 6.07) is 10.5. The maximum absolute atomic E-state index is 12.9. The van der Waals surface area contributed by atoms with Crippen molar-refractivity contribution in [2.75, 3.05) is 27.2 Å². The number of likely N-dealkylation sites (N-methyl/N-ethyl adjacent to an activating group) is 1. The molecule has 0 unspecified atom stereocenters. The summed E-state index contributed by atoms with van der Waals surface area (Å²) in [7, 11) is 5.58. The summed E-state index contributed by atoms with van der Waals surface area (Å²) in [4.78, 5) is 28.2. The highest BCUT2D eigenvalue weighted by Crippen LogP contribution is 2.13. The third-order valence-corrected chi connectivity index (χ3v) is 3.98. The van der Waals surface area contributed by atoms with E-state index in [4.69, 9.17) is 11.6 Å². The van der Waals surface area contributed by atoms with E-state index in [1.165, 1.54) is 10.6 Å². The van der Waals surface area contributed by atoms with Gasteiger partial charge in [-0.25, -0.2) is 0 Å². The molecule has 24 heavy (non-hydrogen) atoms. The van der Waals surface area contributed by atoms with Crippen molar-refractivity contribution in [3.63, 3.8) is 0 Å². The Labute approximate surface area is 147 Å². The van der Waals surface area contributed by atoms with Crippen LogP contribution in [0.2, 0.25) is 5.02 Å². The van der Waals surface area contributed by atoms with Crippen LogP contribution in [0.3, 0.4) is 0 Å². The summed E-state index contributed by atoms with van der Waals surface area (Å²) in [5.74, 6) is -0.0950. The Morgan fingerprint density at radius 1 is 1.08 bits per heavy atom. The molecule has 0 fully saturated rings. The monoisotopic (exact) mass is 347 g/mol. The number of benzene rings is 1. The van der Waals surface area contributed by atoms with Crippen LogP contribution in [-0.4, -0.2) is 47.5 Å². The highest BCUT2D eigenvalue weighted by molar-refractivity contribution is 6.30. The highest BCUT2D eigenvalue weighted by atomic mass is 35.5. The fraction of sp³-hybridized carbons (Fsp3) is 0.333. The number of carbonyl (C=O) groups excluding carboxylic acids is 1. The molecule has 5 nitrogen and oxygen atoms in total. The normalized spacial score (nSPS) is 10.9. The molecule has 6 heteroatoms. The van der Waals surface area contributed by atoms with Gasteiger partial charge in [0.2, 0.25) is 5.56 Å². The van der Waals surface area contributed by atoms with Gasteiger partial charge < -0.3 is 14.4 Å². The second kappa shape index (κ2) is 8.13. The predicted molar refractivity (Wildman–Crippen MR) is 96.4 cm³/mol. The van der Waals surface area contributed by atoms with Gasteiger partial charge in [0.1, 0.15) is 0 Å². The number of carbonyl (C=O) groups is 1. The van der Waals surface area contributed by atoms with Crippen LogP contribution in [-0.2, 0) is 13.6 Å². The molecule has 0 spiro atoms. The average Bonchev–Trinajstić information content (AvgIpc) is 2.55. The number of nitrogens with zero attached hydrogens (tertiary/aromatic N) is 3. The van der Waals surface area contributed by atoms with E-state index in [0.29, 0.717) is 23.7 Å². The highest BCUT2D eigenvalue weighted by Gasteiger charge is 2.17. The molecule has 0 saturated heterocycles. The first-order valence-electron chi connectivity index (χ1n) is 7.72. The number of rotatable bonds is 6. The Balaban J connectivity index is 2.23. The van der Waals surface area contributed by atoms with Crippen molar-refractivity contribution >= 4 is 17.5 Å². The van der Waals surface area contributed by atoms with E-state index in [1.807, 2.05) is 43.3 Å². The molecule has 1 heterocycles. The standard InChI is InChI=1S/C18H22ClN3O2/c1-20(2)10-11-22(12-14-4-7-16(19)8-5-14)18(24)15-6-9-17(23)21(3)13-15/h4-9,13H,10-12H2,1-3H3. The molecule has 0 atom stereocenters. The molecule has 0 radical (unpaired) electrons. The largest absolute Gasteiger partial charge is 0.333 e. The van der Waals surface area contributed by atoms with E-state index in [1.54, 1.807) is 24.2 Å². The van der Waals surface area contributed by atoms with Gasteiger partial charge in [-0.15, -0.1) is 0 Å². The molecule has 1 aromatic carbocycles. The molecule has 2 rings (SSSR count). The number of aromatic nitrogens is 1. The van der Waals surface area contributed by atoms with Gasteiger partial charge in [-0.05, 0) is 37.9 Å². The predicted octanol–water partition coefficient (Wildman–Crippen LogP) is 2.24. The zero-order chi connectivity index (χ0) is 17.7. The van der Waals surface area contributed by atoms with E-state index in [0.717, 1.165) is 12.1 Å². The number of amides is 1. The molecule has 0 aliphatic rings. The van der Waals surface area contributed by atoms with Crippen LogP contribution < -0.4 is 5.56 Å². The lowest BCUT2D eigenvalue weighted by Crippen LogP contribution is -2.36. The van der Waals surface area contributed by atoms with Crippen molar-refractivity contribution in [3.8, 4) is 0 Å². The second-order valence-corrected chi connectivity index (χ2v) is 6.46. The van der Waals surface area contributed by atoms with Crippen LogP contribution in [0.4, 0.5) is 0 Å². The third-order valence-electron chi connectivity index (χ3n) is 3.72. The molecule has 0 N–H and O–H groups in total. The van der Waals surface area contributed by atoms with Crippen molar-refractivity contribution in [3.05, 3.63) is 69.1 Å². The Morgan fingerprint density at radius 3 is 2.33 bits per heavy atom. The maximum atomic E-state index is 12.9. The first-order valence-corrected chi connectivity index (χ1v) is 8.10. The van der Waals surface area contributed by atoms with Gasteiger partial charge in [-0.2, -0.15) is 0 Å².